The van der Waals surface area contributed by atoms with E-state index in [0.29, 0.717) is 17.9 Å². The van der Waals surface area contributed by atoms with Gasteiger partial charge in [0.15, 0.2) is 5.82 Å². The van der Waals surface area contributed by atoms with E-state index in [-0.39, 0.29) is 12.1 Å². The number of hydrogen-bond acceptors (Lipinski definition) is 5. The maximum absolute atomic E-state index is 12.8. The van der Waals surface area contributed by atoms with Crippen LogP contribution in [0.15, 0.2) is 4.52 Å². The number of likely N-dealkylation sites (tertiary alicyclic amines) is 2. The van der Waals surface area contributed by atoms with Crippen LogP contribution in [0.1, 0.15) is 83.9 Å². The summed E-state index contributed by atoms with van der Waals surface area (Å²) in [5, 5.41) is 7.18. The number of nitrogens with zero attached hydrogens (tertiary/aromatic N) is 4. The third-order valence-corrected chi connectivity index (χ3v) is 6.01. The van der Waals surface area contributed by atoms with E-state index in [1.807, 2.05) is 13.8 Å². The quantitative estimate of drug-likeness (QED) is 0.827. The van der Waals surface area contributed by atoms with Crippen molar-refractivity contribution in [2.24, 2.45) is 5.92 Å². The lowest BCUT2D eigenvalue weighted by Gasteiger charge is -2.40. The largest absolute Gasteiger partial charge is 0.338 e. The van der Waals surface area contributed by atoms with Crippen molar-refractivity contribution in [2.75, 3.05) is 19.6 Å². The van der Waals surface area contributed by atoms with Crippen molar-refractivity contribution in [3.63, 3.8) is 0 Å². The minimum Gasteiger partial charge on any atom is -0.338 e. The van der Waals surface area contributed by atoms with Gasteiger partial charge in [-0.2, -0.15) is 4.98 Å². The van der Waals surface area contributed by atoms with Crippen LogP contribution in [0.5, 0.6) is 0 Å². The van der Waals surface area contributed by atoms with Gasteiger partial charge in [0.05, 0.1) is 6.54 Å². The highest BCUT2D eigenvalue weighted by Crippen LogP contribution is 2.30. The Morgan fingerprint density at radius 3 is 2.50 bits per heavy atom. The van der Waals surface area contributed by atoms with E-state index in [9.17, 15) is 4.79 Å². The summed E-state index contributed by atoms with van der Waals surface area (Å²) < 4.78 is 5.41. The van der Waals surface area contributed by atoms with Crippen LogP contribution in [0.4, 0.5) is 4.79 Å². The molecule has 3 heterocycles. The van der Waals surface area contributed by atoms with Gasteiger partial charge in [0.2, 0.25) is 5.89 Å². The second-order valence-electron chi connectivity index (χ2n) is 9.03. The van der Waals surface area contributed by atoms with Gasteiger partial charge in [0, 0.05) is 24.5 Å². The zero-order valence-corrected chi connectivity index (χ0v) is 18.0. The van der Waals surface area contributed by atoms with Crippen molar-refractivity contribution in [3.05, 3.63) is 11.7 Å². The lowest BCUT2D eigenvalue weighted by Crippen LogP contribution is -2.52. The molecule has 0 spiro atoms. The number of amides is 2. The lowest BCUT2D eigenvalue weighted by atomic mass is 9.86. The Hall–Kier alpha value is -1.63. The summed E-state index contributed by atoms with van der Waals surface area (Å²) in [7, 11) is 0. The Bertz CT molecular complexity index is 622. The van der Waals surface area contributed by atoms with Crippen LogP contribution in [-0.2, 0) is 6.54 Å². The topological polar surface area (TPSA) is 74.5 Å². The molecule has 2 saturated heterocycles. The Morgan fingerprint density at radius 1 is 1.11 bits per heavy atom. The van der Waals surface area contributed by atoms with Gasteiger partial charge in [0.25, 0.3) is 0 Å². The second-order valence-corrected chi connectivity index (χ2v) is 9.03. The summed E-state index contributed by atoms with van der Waals surface area (Å²) >= 11 is 0. The van der Waals surface area contributed by atoms with E-state index >= 15 is 0 Å². The molecule has 0 unspecified atom stereocenters. The van der Waals surface area contributed by atoms with Crippen molar-refractivity contribution >= 4 is 6.03 Å². The molecule has 2 fully saturated rings. The zero-order chi connectivity index (χ0) is 20.1. The third-order valence-electron chi connectivity index (χ3n) is 6.01. The zero-order valence-electron chi connectivity index (χ0n) is 18.0. The van der Waals surface area contributed by atoms with E-state index < -0.39 is 0 Å². The highest BCUT2D eigenvalue weighted by molar-refractivity contribution is 5.74. The first-order chi connectivity index (χ1) is 13.4. The predicted molar refractivity (Wildman–Crippen MR) is 109 cm³/mol. The average molecular weight is 392 g/mol. The van der Waals surface area contributed by atoms with Crippen LogP contribution in [0, 0.1) is 5.92 Å². The first kappa shape index (κ1) is 21.1. The Kier molecular flexibility index (Phi) is 7.32. The molecule has 158 valence electrons. The molecule has 7 nitrogen and oxygen atoms in total. The van der Waals surface area contributed by atoms with Crippen LogP contribution in [0.25, 0.3) is 0 Å². The molecule has 1 atom stereocenters. The van der Waals surface area contributed by atoms with E-state index in [1.54, 1.807) is 0 Å². The molecule has 3 rings (SSSR count). The van der Waals surface area contributed by atoms with E-state index in [2.05, 4.69) is 39.1 Å². The summed E-state index contributed by atoms with van der Waals surface area (Å²) in [6.07, 6.45) is 6.98. The molecule has 7 heteroatoms. The summed E-state index contributed by atoms with van der Waals surface area (Å²) in [6.45, 7) is 11.9. The molecule has 0 aromatic carbocycles. The fraction of sp³-hybridized carbons (Fsp3) is 0.857. The summed E-state index contributed by atoms with van der Waals surface area (Å²) in [5.74, 6) is 2.38. The fourth-order valence-electron chi connectivity index (χ4n) is 4.46. The third kappa shape index (κ3) is 5.46. The highest BCUT2D eigenvalue weighted by Gasteiger charge is 2.34. The number of hydrogen-bond donors (Lipinski definition) is 1. The minimum atomic E-state index is 0.122. The number of carbonyl (C=O) groups excluding carboxylic acids is 1. The fourth-order valence-corrected chi connectivity index (χ4v) is 4.46. The molecular formula is C21H37N5O2. The number of nitrogens with one attached hydrogen (secondary N) is 1. The van der Waals surface area contributed by atoms with Gasteiger partial charge in [-0.25, -0.2) is 4.79 Å². The van der Waals surface area contributed by atoms with Gasteiger partial charge >= 0.3 is 6.03 Å². The van der Waals surface area contributed by atoms with Crippen molar-refractivity contribution in [1.29, 1.82) is 0 Å². The van der Waals surface area contributed by atoms with Crippen LogP contribution in [-0.4, -0.2) is 57.7 Å². The van der Waals surface area contributed by atoms with Crippen molar-refractivity contribution in [2.45, 2.75) is 90.8 Å². The molecule has 0 bridgehead atoms. The van der Waals surface area contributed by atoms with Crippen LogP contribution < -0.4 is 5.32 Å². The van der Waals surface area contributed by atoms with Crippen LogP contribution in [0.2, 0.25) is 0 Å². The lowest BCUT2D eigenvalue weighted by molar-refractivity contribution is 0.0927. The van der Waals surface area contributed by atoms with Gasteiger partial charge in [-0.15, -0.1) is 0 Å². The Morgan fingerprint density at radius 2 is 1.86 bits per heavy atom. The molecule has 0 saturated carbocycles. The first-order valence-corrected chi connectivity index (χ1v) is 11.1. The molecule has 1 aromatic rings. The van der Waals surface area contributed by atoms with Crippen molar-refractivity contribution in [1.82, 2.24) is 25.3 Å². The molecule has 28 heavy (non-hydrogen) atoms. The smallest absolute Gasteiger partial charge is 0.317 e. The number of urea groups is 1. The summed E-state index contributed by atoms with van der Waals surface area (Å²) in [4.78, 5) is 21.8. The summed E-state index contributed by atoms with van der Waals surface area (Å²) in [6, 6.07) is 0.680. The minimum absolute atomic E-state index is 0.122. The molecule has 2 amide bonds. The Balaban J connectivity index is 1.56. The molecule has 1 aromatic heterocycles. The monoisotopic (exact) mass is 391 g/mol. The number of rotatable bonds is 5. The van der Waals surface area contributed by atoms with Crippen LogP contribution >= 0.6 is 0 Å². The second kappa shape index (κ2) is 9.72. The average Bonchev–Trinajstić information content (AvgIpc) is 2.97. The van der Waals surface area contributed by atoms with E-state index in [1.165, 1.54) is 12.8 Å². The molecule has 1 N–H and O–H groups in total. The predicted octanol–water partition coefficient (Wildman–Crippen LogP) is 3.77. The van der Waals surface area contributed by atoms with E-state index in [0.717, 1.165) is 63.6 Å². The van der Waals surface area contributed by atoms with Gasteiger partial charge in [-0.1, -0.05) is 31.8 Å². The van der Waals surface area contributed by atoms with Gasteiger partial charge in [-0.05, 0) is 58.5 Å². The molecule has 0 aliphatic carbocycles. The molecule has 0 radical (unpaired) electrons. The first-order valence-electron chi connectivity index (χ1n) is 11.1. The standard InChI is InChI=1S/C21H37N5O2/c1-15(2)20-23-19(28-24-20)14-25-12-9-17(10-13-25)18-8-6-5-7-11-26(18)21(27)22-16(3)4/h15-18H,5-14H2,1-4H3,(H,22,27)/t18-/m0/s1. The highest BCUT2D eigenvalue weighted by atomic mass is 16.5. The summed E-state index contributed by atoms with van der Waals surface area (Å²) in [5.41, 5.74) is 0. The maximum atomic E-state index is 12.8. The van der Waals surface area contributed by atoms with Crippen LogP contribution in [0.3, 0.4) is 0 Å². The van der Waals surface area contributed by atoms with Gasteiger partial charge < -0.3 is 14.7 Å². The van der Waals surface area contributed by atoms with E-state index in [4.69, 9.17) is 4.52 Å². The number of piperidine rings is 1. The Labute approximate surface area is 169 Å². The van der Waals surface area contributed by atoms with Gasteiger partial charge in [0.1, 0.15) is 0 Å². The van der Waals surface area contributed by atoms with Crippen molar-refractivity contribution in [3.8, 4) is 0 Å². The van der Waals surface area contributed by atoms with Gasteiger partial charge in [-0.3, -0.25) is 4.90 Å². The number of aromatic nitrogens is 2. The van der Waals surface area contributed by atoms with Crippen molar-refractivity contribution < 1.29 is 9.32 Å². The SMILES string of the molecule is CC(C)NC(=O)N1CCCCC[C@H]1C1CCN(Cc2nc(C(C)C)no2)CC1. The number of carbonyl (C=O) groups is 1. The normalized spacial score (nSPS) is 22.6. The molecule has 2 aliphatic heterocycles. The maximum Gasteiger partial charge on any atom is 0.317 e. The molecular weight excluding hydrogens is 354 g/mol. The molecule has 2 aliphatic rings.